The van der Waals surface area contributed by atoms with E-state index < -0.39 is 0 Å². The van der Waals surface area contributed by atoms with Gasteiger partial charge in [-0.05, 0) is 26.3 Å². The van der Waals surface area contributed by atoms with Gasteiger partial charge in [-0.25, -0.2) is 0 Å². The molecule has 78 valence electrons. The lowest BCUT2D eigenvalue weighted by Gasteiger charge is -2.21. The molecule has 0 amide bonds. The van der Waals surface area contributed by atoms with Gasteiger partial charge in [0.05, 0.1) is 5.69 Å². The highest BCUT2D eigenvalue weighted by Gasteiger charge is 2.16. The van der Waals surface area contributed by atoms with E-state index in [1.165, 1.54) is 0 Å². The first kappa shape index (κ1) is 10.9. The Balaban J connectivity index is 2.50. The van der Waals surface area contributed by atoms with Crippen LogP contribution in [0.1, 0.15) is 26.0 Å². The van der Waals surface area contributed by atoms with E-state index in [1.807, 2.05) is 26.8 Å². The van der Waals surface area contributed by atoms with Crippen LogP contribution in [-0.4, -0.2) is 22.3 Å². The van der Waals surface area contributed by atoms with E-state index in [4.69, 9.17) is 10.5 Å². The lowest BCUT2D eigenvalue weighted by Crippen LogP contribution is -2.41. The molecule has 14 heavy (non-hydrogen) atoms. The third-order valence-electron chi connectivity index (χ3n) is 2.13. The van der Waals surface area contributed by atoms with Crippen LogP contribution in [0, 0.1) is 6.92 Å². The maximum absolute atomic E-state index is 5.92. The summed E-state index contributed by atoms with van der Waals surface area (Å²) in [6.07, 6.45) is 0.867. The van der Waals surface area contributed by atoms with E-state index in [2.05, 4.69) is 10.2 Å². The monoisotopic (exact) mass is 195 g/mol. The van der Waals surface area contributed by atoms with Crippen molar-refractivity contribution < 1.29 is 4.74 Å². The Morgan fingerprint density at radius 2 is 2.14 bits per heavy atom. The summed E-state index contributed by atoms with van der Waals surface area (Å²) < 4.78 is 5.42. The lowest BCUT2D eigenvalue weighted by molar-refractivity contribution is 0.216. The summed E-state index contributed by atoms with van der Waals surface area (Å²) >= 11 is 0. The number of ether oxygens (including phenoxy) is 1. The third-order valence-corrected chi connectivity index (χ3v) is 2.13. The number of hydrogen-bond acceptors (Lipinski definition) is 4. The molecule has 1 aromatic heterocycles. The molecule has 1 heterocycles. The fourth-order valence-electron chi connectivity index (χ4n) is 0.805. The second-order valence-corrected chi connectivity index (χ2v) is 3.81. The maximum atomic E-state index is 5.92. The molecule has 0 aliphatic rings. The fourth-order valence-corrected chi connectivity index (χ4v) is 0.805. The van der Waals surface area contributed by atoms with Crippen LogP contribution in [0.4, 0.5) is 0 Å². The zero-order chi connectivity index (χ0) is 10.6. The van der Waals surface area contributed by atoms with E-state index in [9.17, 15) is 0 Å². The van der Waals surface area contributed by atoms with Crippen molar-refractivity contribution in [3.63, 3.8) is 0 Å². The molecular formula is C10H17N3O. The van der Waals surface area contributed by atoms with Gasteiger partial charge in [0.1, 0.15) is 6.61 Å². The Labute approximate surface area is 84.5 Å². The molecule has 4 heteroatoms. The summed E-state index contributed by atoms with van der Waals surface area (Å²) in [5.74, 6) is 0.528. The van der Waals surface area contributed by atoms with Crippen molar-refractivity contribution in [2.45, 2.75) is 32.7 Å². The molecule has 0 saturated carbocycles. The smallest absolute Gasteiger partial charge is 0.233 e. The molecule has 1 aromatic rings. The highest BCUT2D eigenvalue weighted by atomic mass is 16.5. The zero-order valence-electron chi connectivity index (χ0n) is 8.95. The normalized spacial score (nSPS) is 14.9. The van der Waals surface area contributed by atoms with Crippen molar-refractivity contribution in [2.75, 3.05) is 6.61 Å². The zero-order valence-corrected chi connectivity index (χ0v) is 8.95. The summed E-state index contributed by atoms with van der Waals surface area (Å²) in [5.41, 5.74) is 6.50. The minimum atomic E-state index is -0.299. The molecule has 1 rings (SSSR count). The average molecular weight is 195 g/mol. The van der Waals surface area contributed by atoms with Crippen molar-refractivity contribution in [2.24, 2.45) is 5.73 Å². The lowest BCUT2D eigenvalue weighted by atomic mass is 10.0. The minimum Gasteiger partial charge on any atom is -0.475 e. The summed E-state index contributed by atoms with van der Waals surface area (Å²) in [5, 5.41) is 7.78. The van der Waals surface area contributed by atoms with Gasteiger partial charge in [0.15, 0.2) is 0 Å². The Morgan fingerprint density at radius 1 is 1.43 bits per heavy atom. The van der Waals surface area contributed by atoms with Gasteiger partial charge in [0.25, 0.3) is 0 Å². The maximum Gasteiger partial charge on any atom is 0.233 e. The third kappa shape index (κ3) is 3.30. The first-order chi connectivity index (χ1) is 6.53. The Morgan fingerprint density at radius 3 is 2.64 bits per heavy atom. The van der Waals surface area contributed by atoms with Crippen molar-refractivity contribution >= 4 is 0 Å². The van der Waals surface area contributed by atoms with Crippen LogP contribution < -0.4 is 10.5 Å². The fraction of sp³-hybridized carbons (Fsp3) is 0.600. The number of hydrogen-bond donors (Lipinski definition) is 1. The molecular weight excluding hydrogens is 178 g/mol. The van der Waals surface area contributed by atoms with Gasteiger partial charge >= 0.3 is 0 Å². The molecule has 1 atom stereocenters. The average Bonchev–Trinajstić information content (AvgIpc) is 2.17. The highest BCUT2D eigenvalue weighted by Crippen LogP contribution is 2.09. The summed E-state index contributed by atoms with van der Waals surface area (Å²) in [7, 11) is 0. The molecule has 0 radical (unpaired) electrons. The molecule has 0 aliphatic heterocycles. The number of aromatic nitrogens is 2. The molecule has 4 nitrogen and oxygen atoms in total. The van der Waals surface area contributed by atoms with E-state index >= 15 is 0 Å². The van der Waals surface area contributed by atoms with Crippen LogP contribution in [0.15, 0.2) is 12.1 Å². The van der Waals surface area contributed by atoms with Crippen LogP contribution >= 0.6 is 0 Å². The van der Waals surface area contributed by atoms with E-state index in [-0.39, 0.29) is 5.54 Å². The quantitative estimate of drug-likeness (QED) is 0.786. The second kappa shape index (κ2) is 4.37. The van der Waals surface area contributed by atoms with Gasteiger partial charge < -0.3 is 10.5 Å². The van der Waals surface area contributed by atoms with Crippen LogP contribution in [0.2, 0.25) is 0 Å². The van der Waals surface area contributed by atoms with E-state index in [0.717, 1.165) is 12.1 Å². The number of nitrogens with two attached hydrogens (primary N) is 1. The van der Waals surface area contributed by atoms with Gasteiger partial charge in [0.2, 0.25) is 5.88 Å². The van der Waals surface area contributed by atoms with Gasteiger partial charge in [-0.3, -0.25) is 0 Å². The first-order valence-electron chi connectivity index (χ1n) is 4.75. The highest BCUT2D eigenvalue weighted by molar-refractivity contribution is 5.10. The second-order valence-electron chi connectivity index (χ2n) is 3.81. The Bertz CT molecular complexity index is 282. The van der Waals surface area contributed by atoms with Crippen LogP contribution in [-0.2, 0) is 0 Å². The summed E-state index contributed by atoms with van der Waals surface area (Å²) in [4.78, 5) is 0. The molecule has 2 N–H and O–H groups in total. The van der Waals surface area contributed by atoms with Gasteiger partial charge in [-0.15, -0.1) is 5.10 Å². The molecule has 0 fully saturated rings. The Hall–Kier alpha value is -1.16. The van der Waals surface area contributed by atoms with E-state index in [0.29, 0.717) is 12.5 Å². The van der Waals surface area contributed by atoms with Crippen LogP contribution in [0.3, 0.4) is 0 Å². The molecule has 0 aromatic carbocycles. The number of nitrogens with zero attached hydrogens (tertiary/aromatic N) is 2. The summed E-state index contributed by atoms with van der Waals surface area (Å²) in [6, 6.07) is 3.66. The standard InChI is InChI=1S/C10H17N3O/c1-4-10(3,11)7-14-9-6-5-8(2)12-13-9/h5-6H,4,7,11H2,1-3H3. The van der Waals surface area contributed by atoms with Crippen molar-refractivity contribution in [3.05, 3.63) is 17.8 Å². The van der Waals surface area contributed by atoms with Crippen molar-refractivity contribution in [1.29, 1.82) is 0 Å². The topological polar surface area (TPSA) is 61.0 Å². The molecule has 1 unspecified atom stereocenters. The molecule has 0 aliphatic carbocycles. The van der Waals surface area contributed by atoms with Gasteiger partial charge in [0, 0.05) is 11.6 Å². The summed E-state index contributed by atoms with van der Waals surface area (Å²) in [6.45, 7) is 6.33. The largest absolute Gasteiger partial charge is 0.475 e. The SMILES string of the molecule is CCC(C)(N)COc1ccc(C)nn1. The minimum absolute atomic E-state index is 0.299. The molecule has 0 spiro atoms. The van der Waals surface area contributed by atoms with Crippen LogP contribution in [0.25, 0.3) is 0 Å². The first-order valence-corrected chi connectivity index (χ1v) is 4.75. The van der Waals surface area contributed by atoms with Crippen molar-refractivity contribution in [3.8, 4) is 5.88 Å². The predicted octanol–water partition coefficient (Wildman–Crippen LogP) is 1.29. The molecule has 0 saturated heterocycles. The predicted molar refractivity (Wildman–Crippen MR) is 55.1 cm³/mol. The van der Waals surface area contributed by atoms with Gasteiger partial charge in [-0.2, -0.15) is 5.10 Å². The van der Waals surface area contributed by atoms with E-state index in [1.54, 1.807) is 6.07 Å². The van der Waals surface area contributed by atoms with Gasteiger partial charge in [-0.1, -0.05) is 6.92 Å². The Kier molecular flexibility index (Phi) is 3.41. The number of rotatable bonds is 4. The van der Waals surface area contributed by atoms with Crippen LogP contribution in [0.5, 0.6) is 5.88 Å². The van der Waals surface area contributed by atoms with Crippen molar-refractivity contribution in [1.82, 2.24) is 10.2 Å². The number of aryl methyl sites for hydroxylation is 1. The molecule has 0 bridgehead atoms.